The summed E-state index contributed by atoms with van der Waals surface area (Å²) in [6, 6.07) is 0. The van der Waals surface area contributed by atoms with Gasteiger partial charge >= 0.3 is 5.97 Å². The van der Waals surface area contributed by atoms with Crippen LogP contribution in [0.15, 0.2) is 0 Å². The Morgan fingerprint density at radius 2 is 1.74 bits per heavy atom. The minimum Gasteiger partial charge on any atom is -0.459 e. The highest BCUT2D eigenvalue weighted by atomic mass is 16.6. The molecule has 0 N–H and O–H groups in total. The molecule has 2 rings (SSSR count). The van der Waals surface area contributed by atoms with Crippen LogP contribution in [0.25, 0.3) is 0 Å². The Labute approximate surface area is 120 Å². The Hall–Kier alpha value is -0.530. The highest BCUT2D eigenvalue weighted by Gasteiger charge is 2.52. The molecular formula is C17H34O2. The second-order valence-corrected chi connectivity index (χ2v) is 6.75. The quantitative estimate of drug-likeness (QED) is 0.680. The molecule has 0 amide bonds. The van der Waals surface area contributed by atoms with Crippen LogP contribution in [0.4, 0.5) is 0 Å². The van der Waals surface area contributed by atoms with Crippen molar-refractivity contribution >= 4 is 5.97 Å². The summed E-state index contributed by atoms with van der Waals surface area (Å²) in [5, 5.41) is 0. The van der Waals surface area contributed by atoms with E-state index in [-0.39, 0.29) is 32.3 Å². The van der Waals surface area contributed by atoms with Crippen LogP contribution in [0.3, 0.4) is 0 Å². The minimum atomic E-state index is -0.298. The summed E-state index contributed by atoms with van der Waals surface area (Å²) in [4.78, 5) is 12.2. The van der Waals surface area contributed by atoms with Gasteiger partial charge in [0.15, 0.2) is 0 Å². The average molecular weight is 270 g/mol. The highest BCUT2D eigenvalue weighted by Crippen LogP contribution is 2.55. The summed E-state index contributed by atoms with van der Waals surface area (Å²) in [6.45, 7) is 10.7. The molecule has 2 fully saturated rings. The van der Waals surface area contributed by atoms with Crippen LogP contribution in [-0.4, -0.2) is 11.6 Å². The molecule has 19 heavy (non-hydrogen) atoms. The van der Waals surface area contributed by atoms with E-state index < -0.39 is 0 Å². The lowest BCUT2D eigenvalue weighted by atomic mass is 9.76. The van der Waals surface area contributed by atoms with Crippen LogP contribution < -0.4 is 0 Å². The first-order chi connectivity index (χ1) is 7.85. The van der Waals surface area contributed by atoms with Crippen molar-refractivity contribution in [3.8, 4) is 0 Å². The number of rotatable bonds is 3. The number of esters is 1. The zero-order valence-electron chi connectivity index (χ0n) is 11.8. The van der Waals surface area contributed by atoms with Crippen molar-refractivity contribution in [3.05, 3.63) is 0 Å². The second-order valence-electron chi connectivity index (χ2n) is 6.75. The van der Waals surface area contributed by atoms with Gasteiger partial charge in [0.05, 0.1) is 5.92 Å². The molecule has 0 aliphatic heterocycles. The minimum absolute atomic E-state index is 0. The third kappa shape index (κ3) is 3.32. The molecule has 2 nitrogen and oxygen atoms in total. The number of hydrogen-bond donors (Lipinski definition) is 0. The van der Waals surface area contributed by atoms with Crippen molar-refractivity contribution in [3.63, 3.8) is 0 Å². The molecule has 114 valence electrons. The molecule has 0 aromatic carbocycles. The monoisotopic (exact) mass is 270 g/mol. The van der Waals surface area contributed by atoms with Gasteiger partial charge in [-0.2, -0.15) is 0 Å². The summed E-state index contributed by atoms with van der Waals surface area (Å²) in [5.41, 5.74) is -0.298. The van der Waals surface area contributed by atoms with Gasteiger partial charge in [0.1, 0.15) is 5.60 Å². The van der Waals surface area contributed by atoms with E-state index in [0.29, 0.717) is 11.8 Å². The Kier molecular flexibility index (Phi) is 6.10. The van der Waals surface area contributed by atoms with E-state index in [0.717, 1.165) is 24.7 Å². The SMILES string of the molecule is C.C.CCC(C)(C)OC(=O)C1CC2CC1C(C)C2C. The van der Waals surface area contributed by atoms with E-state index in [1.807, 2.05) is 13.8 Å². The van der Waals surface area contributed by atoms with Crippen LogP contribution in [0.5, 0.6) is 0 Å². The molecule has 5 unspecified atom stereocenters. The predicted molar refractivity (Wildman–Crippen MR) is 82.0 cm³/mol. The smallest absolute Gasteiger partial charge is 0.309 e. The topological polar surface area (TPSA) is 26.3 Å². The third-order valence-corrected chi connectivity index (χ3v) is 5.43. The van der Waals surface area contributed by atoms with Gasteiger partial charge in [-0.1, -0.05) is 35.6 Å². The lowest BCUT2D eigenvalue weighted by molar-refractivity contribution is -0.164. The Balaban J connectivity index is 0.00000162. The summed E-state index contributed by atoms with van der Waals surface area (Å²) < 4.78 is 5.67. The largest absolute Gasteiger partial charge is 0.459 e. The van der Waals surface area contributed by atoms with Crippen molar-refractivity contribution in [1.29, 1.82) is 0 Å². The zero-order valence-corrected chi connectivity index (χ0v) is 11.8. The van der Waals surface area contributed by atoms with Gasteiger partial charge in [-0.05, 0) is 56.8 Å². The maximum atomic E-state index is 12.2. The molecule has 0 spiro atoms. The fourth-order valence-corrected chi connectivity index (χ4v) is 3.63. The summed E-state index contributed by atoms with van der Waals surface area (Å²) in [6.07, 6.45) is 3.19. The van der Waals surface area contributed by atoms with Crippen LogP contribution in [0, 0.1) is 29.6 Å². The number of carbonyl (C=O) groups excluding carboxylic acids is 1. The fraction of sp³-hybridized carbons (Fsp3) is 0.941. The maximum absolute atomic E-state index is 12.2. The van der Waals surface area contributed by atoms with Crippen LogP contribution in [0.2, 0.25) is 0 Å². The van der Waals surface area contributed by atoms with Crippen LogP contribution in [-0.2, 0) is 9.53 Å². The molecule has 0 radical (unpaired) electrons. The van der Waals surface area contributed by atoms with Gasteiger partial charge in [-0.15, -0.1) is 0 Å². The lowest BCUT2D eigenvalue weighted by Gasteiger charge is -2.33. The molecular weight excluding hydrogens is 236 g/mol. The van der Waals surface area contributed by atoms with E-state index >= 15 is 0 Å². The normalized spacial score (nSPS) is 36.4. The molecule has 2 saturated carbocycles. The average Bonchev–Trinajstić information content (AvgIpc) is 2.80. The molecule has 0 heterocycles. The first-order valence-corrected chi connectivity index (χ1v) is 7.08. The Bertz CT molecular complexity index is 306. The van der Waals surface area contributed by atoms with Crippen LogP contribution in [0.1, 0.15) is 68.7 Å². The summed E-state index contributed by atoms with van der Waals surface area (Å²) in [5.74, 6) is 3.06. The van der Waals surface area contributed by atoms with Gasteiger partial charge < -0.3 is 4.74 Å². The van der Waals surface area contributed by atoms with E-state index in [4.69, 9.17) is 4.74 Å². The lowest BCUT2D eigenvalue weighted by Crippen LogP contribution is -2.36. The highest BCUT2D eigenvalue weighted by molar-refractivity contribution is 5.74. The van der Waals surface area contributed by atoms with Crippen molar-refractivity contribution in [1.82, 2.24) is 0 Å². The molecule has 2 aliphatic carbocycles. The molecule has 2 bridgehead atoms. The standard InChI is InChI=1S/C15H26O2.2CH4/c1-6-15(4,5)17-14(16)13-8-11-7-12(13)10(3)9(11)2;;/h9-13H,6-8H2,1-5H3;2*1H4. The van der Waals surface area contributed by atoms with E-state index in [1.165, 1.54) is 6.42 Å². The molecule has 2 heteroatoms. The fourth-order valence-electron chi connectivity index (χ4n) is 3.63. The molecule has 0 saturated heterocycles. The summed E-state index contributed by atoms with van der Waals surface area (Å²) in [7, 11) is 0. The molecule has 0 aromatic rings. The number of fused-ring (bicyclic) bond motifs is 2. The molecule has 5 atom stereocenters. The Morgan fingerprint density at radius 1 is 1.16 bits per heavy atom. The maximum Gasteiger partial charge on any atom is 0.309 e. The number of carbonyl (C=O) groups is 1. The van der Waals surface area contributed by atoms with Crippen molar-refractivity contribution in [2.45, 2.75) is 74.3 Å². The van der Waals surface area contributed by atoms with Crippen LogP contribution >= 0.6 is 0 Å². The van der Waals surface area contributed by atoms with Crippen molar-refractivity contribution in [2.75, 3.05) is 0 Å². The van der Waals surface area contributed by atoms with Crippen molar-refractivity contribution in [2.24, 2.45) is 29.6 Å². The second kappa shape index (κ2) is 6.28. The van der Waals surface area contributed by atoms with Gasteiger partial charge in [0, 0.05) is 0 Å². The van der Waals surface area contributed by atoms with E-state index in [1.54, 1.807) is 0 Å². The van der Waals surface area contributed by atoms with E-state index in [9.17, 15) is 4.79 Å². The van der Waals surface area contributed by atoms with Crippen molar-refractivity contribution < 1.29 is 9.53 Å². The van der Waals surface area contributed by atoms with Gasteiger partial charge in [0.25, 0.3) is 0 Å². The van der Waals surface area contributed by atoms with Gasteiger partial charge in [-0.25, -0.2) is 0 Å². The number of ether oxygens (including phenoxy) is 1. The molecule has 2 aliphatic rings. The van der Waals surface area contributed by atoms with Gasteiger partial charge in [0.2, 0.25) is 0 Å². The van der Waals surface area contributed by atoms with Gasteiger partial charge in [-0.3, -0.25) is 4.79 Å². The Morgan fingerprint density at radius 3 is 2.16 bits per heavy atom. The zero-order chi connectivity index (χ0) is 12.8. The molecule has 0 aromatic heterocycles. The first-order valence-electron chi connectivity index (χ1n) is 7.08. The summed E-state index contributed by atoms with van der Waals surface area (Å²) >= 11 is 0. The number of hydrogen-bond acceptors (Lipinski definition) is 2. The third-order valence-electron chi connectivity index (χ3n) is 5.43. The van der Waals surface area contributed by atoms with E-state index in [2.05, 4.69) is 20.8 Å². The predicted octanol–water partition coefficient (Wildman–Crippen LogP) is 4.92. The first kappa shape index (κ1) is 18.5.